The number of carbonyl (C=O) groups is 2. The summed E-state index contributed by atoms with van der Waals surface area (Å²) in [5.41, 5.74) is 2.96. The number of benzene rings is 2. The average Bonchev–Trinajstić information content (AvgIpc) is 3.18. The highest BCUT2D eigenvalue weighted by atomic mass is 32.2. The standard InChI is InChI=1S/C23H16N4O2S/c1-13-6-7-14(10-24)8-17(13)20-9-18-21(30-20)22(28)27(23(29)26-18)19-12-25-11-15-4-2-3-5-16(15)19/h2-9,11-12,18,21H,1H3,(H,26,29). The zero-order valence-electron chi connectivity index (χ0n) is 16.0. The van der Waals surface area contributed by atoms with Gasteiger partial charge in [-0.05, 0) is 36.3 Å². The molecule has 2 atom stereocenters. The fourth-order valence-corrected chi connectivity index (χ4v) is 5.22. The SMILES string of the molecule is Cc1ccc(C#N)cc1C1=CC2NC(=O)N(c3cncc4ccccc34)C(=O)C2S1. The summed E-state index contributed by atoms with van der Waals surface area (Å²) >= 11 is 1.42. The number of nitrogens with zero attached hydrogens (tertiary/aromatic N) is 3. The number of aryl methyl sites for hydroxylation is 1. The van der Waals surface area contributed by atoms with Crippen molar-refractivity contribution < 1.29 is 9.59 Å². The van der Waals surface area contributed by atoms with Crippen molar-refractivity contribution in [3.63, 3.8) is 0 Å². The van der Waals surface area contributed by atoms with Gasteiger partial charge in [0.1, 0.15) is 5.25 Å². The molecule has 0 spiro atoms. The minimum atomic E-state index is -0.471. The number of thioether (sulfide) groups is 1. The van der Waals surface area contributed by atoms with E-state index >= 15 is 0 Å². The summed E-state index contributed by atoms with van der Waals surface area (Å²) in [6.45, 7) is 1.97. The smallest absolute Gasteiger partial charge is 0.329 e. The van der Waals surface area contributed by atoms with E-state index in [2.05, 4.69) is 16.4 Å². The van der Waals surface area contributed by atoms with Crippen LogP contribution in [0.2, 0.25) is 0 Å². The van der Waals surface area contributed by atoms with Crippen LogP contribution in [0, 0.1) is 18.3 Å². The molecule has 3 heterocycles. The number of pyridine rings is 1. The van der Waals surface area contributed by atoms with Crippen LogP contribution in [-0.4, -0.2) is 28.2 Å². The highest BCUT2D eigenvalue weighted by molar-refractivity contribution is 8.09. The molecule has 0 aliphatic carbocycles. The zero-order valence-corrected chi connectivity index (χ0v) is 16.8. The van der Waals surface area contributed by atoms with Gasteiger partial charge in [0.2, 0.25) is 0 Å². The maximum Gasteiger partial charge on any atom is 0.329 e. The number of hydrogen-bond donors (Lipinski definition) is 1. The summed E-state index contributed by atoms with van der Waals surface area (Å²) in [6, 6.07) is 14.3. The number of nitriles is 1. The molecule has 146 valence electrons. The van der Waals surface area contributed by atoms with Crippen molar-refractivity contribution in [2.45, 2.75) is 18.2 Å². The van der Waals surface area contributed by atoms with Crippen molar-refractivity contribution in [2.75, 3.05) is 4.90 Å². The zero-order chi connectivity index (χ0) is 20.8. The lowest BCUT2D eigenvalue weighted by atomic mass is 10.0. The normalized spacial score (nSPS) is 20.5. The van der Waals surface area contributed by atoms with Crippen LogP contribution in [0.1, 0.15) is 16.7 Å². The summed E-state index contributed by atoms with van der Waals surface area (Å²) in [5, 5.41) is 13.4. The summed E-state index contributed by atoms with van der Waals surface area (Å²) in [6.07, 6.45) is 5.17. The van der Waals surface area contributed by atoms with E-state index in [1.54, 1.807) is 18.5 Å². The molecule has 2 aliphatic heterocycles. The second kappa shape index (κ2) is 7.01. The van der Waals surface area contributed by atoms with Gasteiger partial charge in [-0.15, -0.1) is 11.8 Å². The van der Waals surface area contributed by atoms with Gasteiger partial charge in [-0.2, -0.15) is 5.26 Å². The maximum absolute atomic E-state index is 13.4. The van der Waals surface area contributed by atoms with Crippen molar-refractivity contribution in [1.29, 1.82) is 5.26 Å². The second-order valence-electron chi connectivity index (χ2n) is 7.24. The highest BCUT2D eigenvalue weighted by Gasteiger charge is 2.45. The number of urea groups is 1. The van der Waals surface area contributed by atoms with E-state index in [1.807, 2.05) is 49.4 Å². The van der Waals surface area contributed by atoms with Crippen LogP contribution < -0.4 is 10.2 Å². The third kappa shape index (κ3) is 2.85. The number of hydrogen-bond acceptors (Lipinski definition) is 5. The Morgan fingerprint density at radius 2 is 2.00 bits per heavy atom. The average molecular weight is 412 g/mol. The Morgan fingerprint density at radius 3 is 2.83 bits per heavy atom. The monoisotopic (exact) mass is 412 g/mol. The van der Waals surface area contributed by atoms with Crippen LogP contribution in [0.25, 0.3) is 15.7 Å². The molecular formula is C23H16N4O2S. The number of amides is 3. The molecule has 30 heavy (non-hydrogen) atoms. The molecule has 5 rings (SSSR count). The van der Waals surface area contributed by atoms with Crippen molar-refractivity contribution >= 4 is 45.1 Å². The first kappa shape index (κ1) is 18.4. The highest BCUT2D eigenvalue weighted by Crippen LogP contribution is 2.44. The first-order valence-electron chi connectivity index (χ1n) is 9.43. The van der Waals surface area contributed by atoms with Gasteiger partial charge in [-0.1, -0.05) is 30.3 Å². The molecule has 7 heteroatoms. The first-order chi connectivity index (χ1) is 14.6. The molecule has 1 aromatic heterocycles. The summed E-state index contributed by atoms with van der Waals surface area (Å²) in [4.78, 5) is 32.6. The molecule has 0 radical (unpaired) electrons. The third-order valence-corrected chi connectivity index (χ3v) is 6.75. The minimum absolute atomic E-state index is 0.271. The largest absolute Gasteiger partial charge is 0.329 e. The van der Waals surface area contributed by atoms with Gasteiger partial charge in [-0.25, -0.2) is 9.69 Å². The Morgan fingerprint density at radius 1 is 1.17 bits per heavy atom. The summed E-state index contributed by atoms with van der Waals surface area (Å²) < 4.78 is 0. The lowest BCUT2D eigenvalue weighted by Crippen LogP contribution is -2.60. The molecule has 6 nitrogen and oxygen atoms in total. The van der Waals surface area contributed by atoms with Gasteiger partial charge >= 0.3 is 6.03 Å². The van der Waals surface area contributed by atoms with Gasteiger partial charge in [0.25, 0.3) is 5.91 Å². The number of fused-ring (bicyclic) bond motifs is 2. The number of aromatic nitrogens is 1. The number of anilines is 1. The van der Waals surface area contributed by atoms with Gasteiger partial charge in [0.15, 0.2) is 0 Å². The Hall–Kier alpha value is -3.63. The van der Waals surface area contributed by atoms with E-state index in [0.717, 1.165) is 26.8 Å². The third-order valence-electron chi connectivity index (χ3n) is 5.39. The van der Waals surface area contributed by atoms with Crippen LogP contribution in [0.15, 0.2) is 60.9 Å². The topological polar surface area (TPSA) is 86.1 Å². The van der Waals surface area contributed by atoms with Crippen LogP contribution in [0.5, 0.6) is 0 Å². The summed E-state index contributed by atoms with van der Waals surface area (Å²) in [5.74, 6) is -0.271. The van der Waals surface area contributed by atoms with Crippen LogP contribution >= 0.6 is 11.8 Å². The Labute approximate surface area is 177 Å². The molecule has 2 unspecified atom stereocenters. The van der Waals surface area contributed by atoms with E-state index in [1.165, 1.54) is 16.7 Å². The minimum Gasteiger partial charge on any atom is -0.329 e. The van der Waals surface area contributed by atoms with Gasteiger partial charge < -0.3 is 5.32 Å². The van der Waals surface area contributed by atoms with Gasteiger partial charge in [0.05, 0.1) is 29.6 Å². The fourth-order valence-electron chi connectivity index (χ4n) is 3.87. The van der Waals surface area contributed by atoms with E-state index < -0.39 is 17.3 Å². The molecule has 2 aliphatic rings. The maximum atomic E-state index is 13.4. The summed E-state index contributed by atoms with van der Waals surface area (Å²) in [7, 11) is 0. The van der Waals surface area contributed by atoms with E-state index in [4.69, 9.17) is 0 Å². The second-order valence-corrected chi connectivity index (χ2v) is 8.42. The van der Waals surface area contributed by atoms with E-state index in [9.17, 15) is 14.9 Å². The van der Waals surface area contributed by atoms with Crippen LogP contribution in [-0.2, 0) is 4.79 Å². The van der Waals surface area contributed by atoms with Crippen molar-refractivity contribution in [3.8, 4) is 6.07 Å². The molecular weight excluding hydrogens is 396 g/mol. The van der Waals surface area contributed by atoms with Crippen molar-refractivity contribution in [3.05, 3.63) is 77.6 Å². The van der Waals surface area contributed by atoms with Crippen molar-refractivity contribution in [1.82, 2.24) is 10.3 Å². The molecule has 2 aromatic carbocycles. The lowest BCUT2D eigenvalue weighted by molar-refractivity contribution is -0.118. The first-order valence-corrected chi connectivity index (χ1v) is 10.3. The number of imide groups is 1. The van der Waals surface area contributed by atoms with Crippen LogP contribution in [0.3, 0.4) is 0 Å². The Bertz CT molecular complexity index is 1290. The molecule has 1 fully saturated rings. The predicted molar refractivity (Wildman–Crippen MR) is 117 cm³/mol. The lowest BCUT2D eigenvalue weighted by Gasteiger charge is -2.33. The Kier molecular flexibility index (Phi) is 4.30. The molecule has 1 saturated heterocycles. The van der Waals surface area contributed by atoms with Crippen molar-refractivity contribution in [2.24, 2.45) is 0 Å². The molecule has 1 N–H and O–H groups in total. The predicted octanol–water partition coefficient (Wildman–Crippen LogP) is 4.00. The molecule has 0 saturated carbocycles. The molecule has 3 amide bonds. The quantitative estimate of drug-likeness (QED) is 0.688. The Balaban J connectivity index is 1.51. The van der Waals surface area contributed by atoms with Gasteiger partial charge in [0, 0.05) is 21.9 Å². The molecule has 0 bridgehead atoms. The molecule has 3 aromatic rings. The fraction of sp³-hybridized carbons (Fsp3) is 0.130. The van der Waals surface area contributed by atoms with E-state index in [0.29, 0.717) is 11.3 Å². The number of carbonyl (C=O) groups excluding carboxylic acids is 2. The van der Waals surface area contributed by atoms with E-state index in [-0.39, 0.29) is 5.91 Å². The number of rotatable bonds is 2. The number of nitrogens with one attached hydrogen (secondary N) is 1. The van der Waals surface area contributed by atoms with Crippen LogP contribution in [0.4, 0.5) is 10.5 Å². The van der Waals surface area contributed by atoms with Gasteiger partial charge in [-0.3, -0.25) is 9.78 Å².